The minimum Gasteiger partial charge on any atom is -0.321 e. The zero-order valence-corrected chi connectivity index (χ0v) is 12.4. The van der Waals surface area contributed by atoms with Crippen LogP contribution in [0.1, 0.15) is 16.1 Å². The van der Waals surface area contributed by atoms with E-state index in [4.69, 9.17) is 0 Å². The molecule has 0 atom stereocenters. The summed E-state index contributed by atoms with van der Waals surface area (Å²) < 4.78 is 0. The van der Waals surface area contributed by atoms with E-state index in [0.717, 1.165) is 21.1 Å². The van der Waals surface area contributed by atoms with Crippen molar-refractivity contribution in [2.75, 3.05) is 5.32 Å². The summed E-state index contributed by atoms with van der Waals surface area (Å²) in [7, 11) is 0. The van der Waals surface area contributed by atoms with Gasteiger partial charge in [-0.3, -0.25) is 4.79 Å². The Hall–Kier alpha value is -1.98. The maximum absolute atomic E-state index is 12.1. The molecule has 0 saturated carbocycles. The van der Waals surface area contributed by atoms with Crippen LogP contribution in [0, 0.1) is 6.92 Å². The highest BCUT2D eigenvalue weighted by molar-refractivity contribution is 7.20. The summed E-state index contributed by atoms with van der Waals surface area (Å²) in [5.74, 6) is -0.173. The molecule has 1 amide bonds. The van der Waals surface area contributed by atoms with Gasteiger partial charge in [0.05, 0.1) is 4.88 Å². The van der Waals surface area contributed by atoms with Crippen LogP contribution in [0.15, 0.2) is 47.2 Å². The Kier molecular flexibility index (Phi) is 3.62. The lowest BCUT2D eigenvalue weighted by atomic mass is 10.2. The van der Waals surface area contributed by atoms with Gasteiger partial charge in [0.1, 0.15) is 10.7 Å². The summed E-state index contributed by atoms with van der Waals surface area (Å²) in [6, 6.07) is 11.7. The summed E-state index contributed by atoms with van der Waals surface area (Å²) in [5.41, 5.74) is 2.40. The molecular weight excluding hydrogens is 288 g/mol. The maximum atomic E-state index is 12.1. The largest absolute Gasteiger partial charge is 0.321 e. The number of aryl methyl sites for hydroxylation is 1. The quantitative estimate of drug-likeness (QED) is 0.777. The Labute approximate surface area is 124 Å². The number of amides is 1. The lowest BCUT2D eigenvalue weighted by Gasteiger charge is -2.03. The molecule has 0 aliphatic rings. The van der Waals surface area contributed by atoms with Crippen molar-refractivity contribution < 1.29 is 4.79 Å². The Morgan fingerprint density at radius 1 is 1.15 bits per heavy atom. The van der Waals surface area contributed by atoms with Crippen LogP contribution in [-0.4, -0.2) is 10.9 Å². The van der Waals surface area contributed by atoms with Gasteiger partial charge in [0, 0.05) is 11.1 Å². The Morgan fingerprint density at radius 2 is 1.95 bits per heavy atom. The third-order valence-corrected chi connectivity index (χ3v) is 4.66. The minimum atomic E-state index is -0.173. The monoisotopic (exact) mass is 300 g/mol. The number of hydrogen-bond donors (Lipinski definition) is 1. The number of anilines is 1. The summed E-state index contributed by atoms with van der Waals surface area (Å²) in [5, 5.41) is 7.53. The van der Waals surface area contributed by atoms with E-state index < -0.39 is 0 Å². The van der Waals surface area contributed by atoms with E-state index in [-0.39, 0.29) is 5.91 Å². The molecule has 2 heterocycles. The molecule has 20 heavy (non-hydrogen) atoms. The van der Waals surface area contributed by atoms with Gasteiger partial charge in [-0.05, 0) is 30.5 Å². The van der Waals surface area contributed by atoms with Gasteiger partial charge in [-0.1, -0.05) is 23.8 Å². The van der Waals surface area contributed by atoms with Crippen LogP contribution in [0.25, 0.3) is 9.88 Å². The maximum Gasteiger partial charge on any atom is 0.275 e. The van der Waals surface area contributed by atoms with E-state index in [9.17, 15) is 4.79 Å². The number of rotatable bonds is 3. The van der Waals surface area contributed by atoms with Crippen molar-refractivity contribution in [2.24, 2.45) is 0 Å². The molecule has 0 radical (unpaired) electrons. The molecule has 0 aliphatic heterocycles. The van der Waals surface area contributed by atoms with Gasteiger partial charge >= 0.3 is 0 Å². The highest BCUT2D eigenvalue weighted by Gasteiger charge is 2.12. The fraction of sp³-hybridized carbons (Fsp3) is 0.0667. The molecule has 3 aromatic rings. The van der Waals surface area contributed by atoms with Gasteiger partial charge < -0.3 is 5.32 Å². The van der Waals surface area contributed by atoms with E-state index in [1.165, 1.54) is 11.3 Å². The minimum absolute atomic E-state index is 0.173. The number of aromatic nitrogens is 1. The van der Waals surface area contributed by atoms with E-state index in [1.807, 2.05) is 48.7 Å². The van der Waals surface area contributed by atoms with Crippen LogP contribution in [-0.2, 0) is 0 Å². The van der Waals surface area contributed by atoms with Gasteiger partial charge in [0.15, 0.2) is 0 Å². The van der Waals surface area contributed by atoms with Crippen molar-refractivity contribution in [3.05, 3.63) is 58.4 Å². The first-order valence-corrected chi connectivity index (χ1v) is 7.86. The van der Waals surface area contributed by atoms with E-state index in [1.54, 1.807) is 16.7 Å². The normalized spacial score (nSPS) is 10.4. The van der Waals surface area contributed by atoms with Crippen molar-refractivity contribution in [1.29, 1.82) is 0 Å². The molecule has 1 aromatic carbocycles. The molecule has 1 N–H and O–H groups in total. The second kappa shape index (κ2) is 5.56. The second-order valence-electron chi connectivity index (χ2n) is 4.34. The van der Waals surface area contributed by atoms with Crippen molar-refractivity contribution in [3.63, 3.8) is 0 Å². The molecule has 0 unspecified atom stereocenters. The lowest BCUT2D eigenvalue weighted by molar-refractivity contribution is 0.102. The van der Waals surface area contributed by atoms with E-state index in [0.29, 0.717) is 5.69 Å². The number of nitrogens with zero attached hydrogens (tertiary/aromatic N) is 1. The molecule has 0 saturated heterocycles. The third kappa shape index (κ3) is 2.79. The van der Waals surface area contributed by atoms with Gasteiger partial charge in [0.25, 0.3) is 5.91 Å². The molecule has 0 bridgehead atoms. The highest BCUT2D eigenvalue weighted by Crippen LogP contribution is 2.28. The van der Waals surface area contributed by atoms with Crippen LogP contribution >= 0.6 is 22.7 Å². The van der Waals surface area contributed by atoms with Crippen molar-refractivity contribution in [3.8, 4) is 9.88 Å². The fourth-order valence-corrected chi connectivity index (χ4v) is 3.34. The number of carbonyl (C=O) groups excluding carboxylic acids is 1. The van der Waals surface area contributed by atoms with Gasteiger partial charge in [-0.2, -0.15) is 0 Å². The first-order chi connectivity index (χ1) is 9.72. The number of hydrogen-bond acceptors (Lipinski definition) is 4. The molecule has 2 aromatic heterocycles. The first-order valence-electron chi connectivity index (χ1n) is 6.10. The summed E-state index contributed by atoms with van der Waals surface area (Å²) >= 11 is 3.11. The summed E-state index contributed by atoms with van der Waals surface area (Å²) in [6.07, 6.45) is 0. The van der Waals surface area contributed by atoms with Crippen molar-refractivity contribution in [1.82, 2.24) is 4.98 Å². The average Bonchev–Trinajstić information content (AvgIpc) is 3.11. The predicted octanol–water partition coefficient (Wildman–Crippen LogP) is 4.43. The zero-order chi connectivity index (χ0) is 13.9. The predicted molar refractivity (Wildman–Crippen MR) is 84.6 cm³/mol. The molecule has 0 spiro atoms. The Morgan fingerprint density at radius 3 is 2.65 bits per heavy atom. The standard InChI is InChI=1S/C15H12N2OS2/c1-10-4-6-11(7-5-10)16-14(18)12-9-20-15(17-12)13-3-2-8-19-13/h2-9H,1H3,(H,16,18). The molecule has 3 rings (SSSR count). The van der Waals surface area contributed by atoms with E-state index >= 15 is 0 Å². The van der Waals surface area contributed by atoms with Crippen LogP contribution in [0.3, 0.4) is 0 Å². The topological polar surface area (TPSA) is 42.0 Å². The van der Waals surface area contributed by atoms with Crippen molar-refractivity contribution in [2.45, 2.75) is 6.92 Å². The SMILES string of the molecule is Cc1ccc(NC(=O)c2csc(-c3cccs3)n2)cc1. The number of carbonyl (C=O) groups is 1. The van der Waals surface area contributed by atoms with Gasteiger partial charge in [-0.25, -0.2) is 4.98 Å². The van der Waals surface area contributed by atoms with Crippen LogP contribution in [0.4, 0.5) is 5.69 Å². The molecule has 100 valence electrons. The second-order valence-corrected chi connectivity index (χ2v) is 6.14. The number of thiazole rings is 1. The van der Waals surface area contributed by atoms with Gasteiger partial charge in [-0.15, -0.1) is 22.7 Å². The molecule has 3 nitrogen and oxygen atoms in total. The van der Waals surface area contributed by atoms with Crippen LogP contribution in [0.5, 0.6) is 0 Å². The van der Waals surface area contributed by atoms with Crippen molar-refractivity contribution >= 4 is 34.3 Å². The zero-order valence-electron chi connectivity index (χ0n) is 10.8. The number of nitrogens with one attached hydrogen (secondary N) is 1. The highest BCUT2D eigenvalue weighted by atomic mass is 32.1. The van der Waals surface area contributed by atoms with Gasteiger partial charge in [0.2, 0.25) is 0 Å². The fourth-order valence-electron chi connectivity index (χ4n) is 1.72. The van der Waals surface area contributed by atoms with Crippen LogP contribution in [0.2, 0.25) is 0 Å². The summed E-state index contributed by atoms with van der Waals surface area (Å²) in [6.45, 7) is 2.01. The number of thiophene rings is 1. The average molecular weight is 300 g/mol. The molecule has 0 fully saturated rings. The summed E-state index contributed by atoms with van der Waals surface area (Å²) in [4.78, 5) is 17.6. The Bertz CT molecular complexity index is 715. The third-order valence-electron chi connectivity index (χ3n) is 2.78. The molecule has 0 aliphatic carbocycles. The van der Waals surface area contributed by atoms with E-state index in [2.05, 4.69) is 10.3 Å². The molecular formula is C15H12N2OS2. The first kappa shape index (κ1) is 13.0. The number of benzene rings is 1. The molecule has 5 heteroatoms. The lowest BCUT2D eigenvalue weighted by Crippen LogP contribution is -2.12. The Balaban J connectivity index is 1.76. The van der Waals surface area contributed by atoms with Crippen LogP contribution < -0.4 is 5.32 Å². The smallest absolute Gasteiger partial charge is 0.275 e.